The summed E-state index contributed by atoms with van der Waals surface area (Å²) in [5.41, 5.74) is 2.54. The lowest BCUT2D eigenvalue weighted by molar-refractivity contribution is 0.605. The topological polar surface area (TPSA) is 12.0 Å². The number of hydrogen-bond donors (Lipinski definition) is 1. The summed E-state index contributed by atoms with van der Waals surface area (Å²) >= 11 is 11.3. The van der Waals surface area contributed by atoms with Gasteiger partial charge < -0.3 is 5.32 Å². The van der Waals surface area contributed by atoms with Crippen molar-refractivity contribution in [3.05, 3.63) is 55.1 Å². The molecular weight excluding hydrogens is 342 g/mol. The maximum Gasteiger partial charge on any atom is 0.0931 e. The summed E-state index contributed by atoms with van der Waals surface area (Å²) < 4.78 is 1.96. The van der Waals surface area contributed by atoms with Gasteiger partial charge in [0.25, 0.3) is 0 Å². The fourth-order valence-electron chi connectivity index (χ4n) is 2.09. The van der Waals surface area contributed by atoms with Crippen LogP contribution in [0.3, 0.4) is 0 Å². The molecule has 0 bridgehead atoms. The molecule has 102 valence electrons. The predicted octanol–water partition coefficient (Wildman–Crippen LogP) is 5.56. The number of nitrogens with one attached hydrogen (secondary N) is 1. The Bertz CT molecular complexity index is 533. The molecule has 0 amide bonds. The number of halogens is 2. The summed E-state index contributed by atoms with van der Waals surface area (Å²) in [7, 11) is 0. The molecule has 1 N–H and O–H groups in total. The second-order valence-electron chi connectivity index (χ2n) is 4.59. The standard InChI is InChI=1S/C15H17BrClNS/c1-3-6-18-15(13-4-5-14(17)19-13)11-7-10(2)8-12(16)9-11/h4-5,7-9,15,18H,3,6H2,1-2H3. The van der Waals surface area contributed by atoms with Gasteiger partial charge in [0, 0.05) is 9.35 Å². The molecule has 0 radical (unpaired) electrons. The summed E-state index contributed by atoms with van der Waals surface area (Å²) in [6, 6.07) is 10.8. The van der Waals surface area contributed by atoms with Gasteiger partial charge in [-0.3, -0.25) is 0 Å². The number of thiophene rings is 1. The molecular formula is C15H17BrClNS. The fourth-order valence-corrected chi connectivity index (χ4v) is 3.88. The zero-order chi connectivity index (χ0) is 13.8. The van der Waals surface area contributed by atoms with Gasteiger partial charge in [-0.05, 0) is 55.3 Å². The van der Waals surface area contributed by atoms with E-state index in [1.54, 1.807) is 11.3 Å². The third-order valence-electron chi connectivity index (χ3n) is 2.87. The van der Waals surface area contributed by atoms with Crippen LogP contribution < -0.4 is 5.32 Å². The summed E-state index contributed by atoms with van der Waals surface area (Å²) in [5, 5.41) is 3.60. The number of hydrogen-bond acceptors (Lipinski definition) is 2. The van der Waals surface area contributed by atoms with Crippen molar-refractivity contribution in [3.63, 3.8) is 0 Å². The van der Waals surface area contributed by atoms with Crippen LogP contribution in [0, 0.1) is 6.92 Å². The van der Waals surface area contributed by atoms with E-state index >= 15 is 0 Å². The SMILES string of the molecule is CCCNC(c1cc(C)cc(Br)c1)c1ccc(Cl)s1. The third kappa shape index (κ3) is 4.06. The Balaban J connectivity index is 2.36. The Labute approximate surface area is 132 Å². The van der Waals surface area contributed by atoms with E-state index in [9.17, 15) is 0 Å². The first-order valence-electron chi connectivity index (χ1n) is 6.36. The molecule has 0 saturated carbocycles. The Morgan fingerprint density at radius 2 is 2.11 bits per heavy atom. The molecule has 2 aromatic rings. The minimum Gasteiger partial charge on any atom is -0.306 e. The van der Waals surface area contributed by atoms with Crippen molar-refractivity contribution in [2.45, 2.75) is 26.3 Å². The smallest absolute Gasteiger partial charge is 0.0931 e. The largest absolute Gasteiger partial charge is 0.306 e. The first-order chi connectivity index (χ1) is 9.10. The minimum atomic E-state index is 0.216. The highest BCUT2D eigenvalue weighted by atomic mass is 79.9. The minimum absolute atomic E-state index is 0.216. The third-order valence-corrected chi connectivity index (χ3v) is 4.63. The van der Waals surface area contributed by atoms with Crippen molar-refractivity contribution < 1.29 is 0 Å². The zero-order valence-electron chi connectivity index (χ0n) is 11.0. The van der Waals surface area contributed by atoms with Gasteiger partial charge in [-0.1, -0.05) is 40.5 Å². The molecule has 1 heterocycles. The van der Waals surface area contributed by atoms with Gasteiger partial charge in [-0.15, -0.1) is 11.3 Å². The highest BCUT2D eigenvalue weighted by molar-refractivity contribution is 9.10. The summed E-state index contributed by atoms with van der Waals surface area (Å²) in [6.07, 6.45) is 1.11. The van der Waals surface area contributed by atoms with Crippen LogP contribution in [0.15, 0.2) is 34.8 Å². The second-order valence-corrected chi connectivity index (χ2v) is 7.25. The van der Waals surface area contributed by atoms with Crippen LogP contribution in [0.25, 0.3) is 0 Å². The van der Waals surface area contributed by atoms with Gasteiger partial charge >= 0.3 is 0 Å². The van der Waals surface area contributed by atoms with E-state index in [0.29, 0.717) is 0 Å². The highest BCUT2D eigenvalue weighted by Crippen LogP contribution is 2.32. The molecule has 0 saturated heterocycles. The lowest BCUT2D eigenvalue weighted by atomic mass is 10.0. The van der Waals surface area contributed by atoms with E-state index < -0.39 is 0 Å². The van der Waals surface area contributed by atoms with Gasteiger partial charge in [-0.2, -0.15) is 0 Å². The highest BCUT2D eigenvalue weighted by Gasteiger charge is 2.16. The molecule has 0 aliphatic heterocycles. The van der Waals surface area contributed by atoms with Crippen LogP contribution >= 0.6 is 38.9 Å². The number of benzene rings is 1. The van der Waals surface area contributed by atoms with Crippen LogP contribution in [0.4, 0.5) is 0 Å². The van der Waals surface area contributed by atoms with E-state index in [1.807, 2.05) is 6.07 Å². The molecule has 2 rings (SSSR count). The van der Waals surface area contributed by atoms with Gasteiger partial charge in [0.2, 0.25) is 0 Å². The van der Waals surface area contributed by atoms with Crippen molar-refractivity contribution in [2.75, 3.05) is 6.54 Å². The molecule has 19 heavy (non-hydrogen) atoms. The van der Waals surface area contributed by atoms with E-state index in [0.717, 1.165) is 21.8 Å². The van der Waals surface area contributed by atoms with Crippen molar-refractivity contribution in [1.29, 1.82) is 0 Å². The van der Waals surface area contributed by atoms with Gasteiger partial charge in [-0.25, -0.2) is 0 Å². The molecule has 1 aromatic carbocycles. The lowest BCUT2D eigenvalue weighted by Gasteiger charge is -2.18. The lowest BCUT2D eigenvalue weighted by Crippen LogP contribution is -2.22. The van der Waals surface area contributed by atoms with Crippen LogP contribution in [-0.2, 0) is 0 Å². The molecule has 0 aliphatic carbocycles. The average Bonchev–Trinajstić information content (AvgIpc) is 2.75. The van der Waals surface area contributed by atoms with Gasteiger partial charge in [0.1, 0.15) is 0 Å². The molecule has 0 spiro atoms. The molecule has 4 heteroatoms. The Kier molecular flexibility index (Phi) is 5.46. The maximum absolute atomic E-state index is 6.07. The molecule has 1 aromatic heterocycles. The quantitative estimate of drug-likeness (QED) is 0.737. The Morgan fingerprint density at radius 3 is 2.68 bits per heavy atom. The Hall–Kier alpha value is -0.350. The van der Waals surface area contributed by atoms with Crippen LogP contribution in [-0.4, -0.2) is 6.54 Å². The average molecular weight is 359 g/mol. The number of aryl methyl sites for hydroxylation is 1. The van der Waals surface area contributed by atoms with E-state index in [1.165, 1.54) is 16.0 Å². The van der Waals surface area contributed by atoms with Crippen LogP contribution in [0.1, 0.15) is 35.4 Å². The second kappa shape index (κ2) is 6.89. The maximum atomic E-state index is 6.07. The van der Waals surface area contributed by atoms with E-state index in [-0.39, 0.29) is 6.04 Å². The van der Waals surface area contributed by atoms with Crippen molar-refractivity contribution in [2.24, 2.45) is 0 Å². The molecule has 1 nitrogen and oxygen atoms in total. The first kappa shape index (κ1) is 15.0. The monoisotopic (exact) mass is 357 g/mol. The predicted molar refractivity (Wildman–Crippen MR) is 88.3 cm³/mol. The van der Waals surface area contributed by atoms with E-state index in [2.05, 4.69) is 59.4 Å². The summed E-state index contributed by atoms with van der Waals surface area (Å²) in [4.78, 5) is 1.26. The first-order valence-corrected chi connectivity index (χ1v) is 8.34. The zero-order valence-corrected chi connectivity index (χ0v) is 14.2. The van der Waals surface area contributed by atoms with Crippen LogP contribution in [0.2, 0.25) is 4.34 Å². The Morgan fingerprint density at radius 1 is 1.32 bits per heavy atom. The van der Waals surface area contributed by atoms with Crippen molar-refractivity contribution >= 4 is 38.9 Å². The van der Waals surface area contributed by atoms with Crippen molar-refractivity contribution in [3.8, 4) is 0 Å². The summed E-state index contributed by atoms with van der Waals surface area (Å²) in [5.74, 6) is 0. The summed E-state index contributed by atoms with van der Waals surface area (Å²) in [6.45, 7) is 5.29. The molecule has 1 atom stereocenters. The van der Waals surface area contributed by atoms with Gasteiger partial charge in [0.15, 0.2) is 0 Å². The van der Waals surface area contributed by atoms with E-state index in [4.69, 9.17) is 11.6 Å². The van der Waals surface area contributed by atoms with Crippen molar-refractivity contribution in [1.82, 2.24) is 5.32 Å². The van der Waals surface area contributed by atoms with Crippen LogP contribution in [0.5, 0.6) is 0 Å². The van der Waals surface area contributed by atoms with Gasteiger partial charge in [0.05, 0.1) is 10.4 Å². The normalized spacial score (nSPS) is 12.6. The molecule has 0 aliphatic rings. The molecule has 0 fully saturated rings. The fraction of sp³-hybridized carbons (Fsp3) is 0.333. The number of rotatable bonds is 5. The molecule has 1 unspecified atom stereocenters.